The van der Waals surface area contributed by atoms with Crippen LogP contribution in [0.4, 0.5) is 57.5 Å². The van der Waals surface area contributed by atoms with Crippen LogP contribution in [0.1, 0.15) is 46.4 Å². The predicted octanol–water partition coefficient (Wildman–Crippen LogP) is 11.5. The Balaban J connectivity index is 1.60. The van der Waals surface area contributed by atoms with Crippen molar-refractivity contribution in [3.63, 3.8) is 0 Å². The lowest BCUT2D eigenvalue weighted by molar-refractivity contribution is -0.143. The zero-order valence-corrected chi connectivity index (χ0v) is 25.7. The van der Waals surface area contributed by atoms with Crippen LogP contribution < -0.4 is 0 Å². The first-order chi connectivity index (χ1) is 22.9. The highest BCUT2D eigenvalue weighted by Crippen LogP contribution is 2.45. The first kappa shape index (κ1) is 36.7. The lowest BCUT2D eigenvalue weighted by Crippen LogP contribution is -2.32. The maximum absolute atomic E-state index is 13.8. The molecule has 1 amide bonds. The van der Waals surface area contributed by atoms with Crippen LogP contribution in [0.3, 0.4) is 0 Å². The molecule has 4 aromatic carbocycles. The van der Waals surface area contributed by atoms with Crippen LogP contribution in [0.15, 0.2) is 72.8 Å². The van der Waals surface area contributed by atoms with Crippen molar-refractivity contribution in [3.05, 3.63) is 111 Å². The number of alkyl halides is 12. The van der Waals surface area contributed by atoms with Crippen molar-refractivity contribution < 1.29 is 67.3 Å². The molecule has 0 spiro atoms. The lowest BCUT2D eigenvalue weighted by Gasteiger charge is -2.24. The molecule has 0 bridgehead atoms. The van der Waals surface area contributed by atoms with E-state index < -0.39 is 88.6 Å². The van der Waals surface area contributed by atoms with Gasteiger partial charge in [0, 0.05) is 10.6 Å². The summed E-state index contributed by atoms with van der Waals surface area (Å²) in [4.78, 5) is 13.8. The Morgan fingerprint density at radius 1 is 0.680 bits per heavy atom. The molecule has 1 heterocycles. The monoisotopic (exact) mass is 741 g/mol. The Morgan fingerprint density at radius 2 is 1.26 bits per heavy atom. The molecule has 1 N–H and O–H groups in total. The maximum atomic E-state index is 13.8. The molecule has 5 rings (SSSR count). The van der Waals surface area contributed by atoms with Crippen LogP contribution in [-0.2, 0) is 36.0 Å². The number of hydrogen-bond acceptors (Lipinski definition) is 3. The van der Waals surface area contributed by atoms with E-state index in [4.69, 9.17) is 16.3 Å². The first-order valence-electron chi connectivity index (χ1n) is 14.1. The van der Waals surface area contributed by atoms with Gasteiger partial charge in [-0.05, 0) is 89.3 Å². The van der Waals surface area contributed by atoms with Gasteiger partial charge in [-0.1, -0.05) is 29.8 Å². The molecule has 1 fully saturated rings. The van der Waals surface area contributed by atoms with Gasteiger partial charge in [0.25, 0.3) is 0 Å². The van der Waals surface area contributed by atoms with E-state index in [9.17, 15) is 62.6 Å². The zero-order chi connectivity index (χ0) is 37.1. The fourth-order valence-corrected chi connectivity index (χ4v) is 5.79. The Kier molecular flexibility index (Phi) is 9.26. The Hall–Kier alpha value is -4.60. The van der Waals surface area contributed by atoms with Gasteiger partial charge in [0.15, 0.2) is 0 Å². The molecule has 50 heavy (non-hydrogen) atoms. The number of carbonyl (C=O) groups is 1. The highest BCUT2D eigenvalue weighted by Gasteiger charge is 2.44. The normalized spacial score (nSPS) is 17.3. The average Bonchev–Trinajstić information content (AvgIpc) is 3.28. The molecule has 0 radical (unpaired) electrons. The average molecular weight is 742 g/mol. The summed E-state index contributed by atoms with van der Waals surface area (Å²) in [5.41, 5.74) is -7.48. The van der Waals surface area contributed by atoms with Gasteiger partial charge in [-0.25, -0.2) is 4.79 Å². The number of phenols is 1. The Morgan fingerprint density at radius 3 is 1.82 bits per heavy atom. The lowest BCUT2D eigenvalue weighted by atomic mass is 9.92. The van der Waals surface area contributed by atoms with Gasteiger partial charge < -0.3 is 9.84 Å². The molecule has 17 heteroatoms. The summed E-state index contributed by atoms with van der Waals surface area (Å²) in [6.45, 7) is 0.460. The minimum atomic E-state index is -5.22. The molecule has 2 atom stereocenters. The number of nitrogens with zero attached hydrogens (tertiary/aromatic N) is 1. The summed E-state index contributed by atoms with van der Waals surface area (Å²) in [5, 5.41) is 9.53. The number of cyclic esters (lactones) is 1. The van der Waals surface area contributed by atoms with Crippen molar-refractivity contribution in [3.8, 4) is 28.0 Å². The zero-order valence-electron chi connectivity index (χ0n) is 24.9. The van der Waals surface area contributed by atoms with Crippen molar-refractivity contribution in [2.75, 3.05) is 0 Å². The van der Waals surface area contributed by atoms with Gasteiger partial charge in [-0.3, -0.25) is 4.90 Å². The number of benzene rings is 4. The van der Waals surface area contributed by atoms with Gasteiger partial charge >= 0.3 is 30.8 Å². The molecule has 0 saturated carbocycles. The van der Waals surface area contributed by atoms with Crippen LogP contribution in [0.2, 0.25) is 5.02 Å². The molecule has 0 unspecified atom stereocenters. The number of hydrogen-bond donors (Lipinski definition) is 1. The first-order valence-corrected chi connectivity index (χ1v) is 14.5. The predicted molar refractivity (Wildman–Crippen MR) is 155 cm³/mol. The standard InChI is InChI=1S/C33H20ClF12NO3/c1-15-28(17-8-20(31(38,39)40)12-21(9-17)32(41,42)43)50-29(49)47(15)14-18-10-19(30(35,36)37)3-5-23(18)25-11-16(2-7-27(25)34)24-6-4-22(48)13-26(24)33(44,45)46/h2-13,15,28,48H,14H2,1H3/t15-,28-/m0/s1. The second-order valence-electron chi connectivity index (χ2n) is 11.3. The highest BCUT2D eigenvalue weighted by atomic mass is 35.5. The van der Waals surface area contributed by atoms with E-state index in [1.807, 2.05) is 0 Å². The third-order valence-electron chi connectivity index (χ3n) is 7.98. The van der Waals surface area contributed by atoms with E-state index in [1.165, 1.54) is 19.1 Å². The van der Waals surface area contributed by atoms with Crippen molar-refractivity contribution >= 4 is 17.7 Å². The molecule has 0 aromatic heterocycles. The smallest absolute Gasteiger partial charge is 0.417 e. The van der Waals surface area contributed by atoms with Crippen molar-refractivity contribution in [1.82, 2.24) is 4.90 Å². The third-order valence-corrected chi connectivity index (χ3v) is 8.31. The van der Waals surface area contributed by atoms with E-state index in [0.717, 1.165) is 29.2 Å². The summed E-state index contributed by atoms with van der Waals surface area (Å²) >= 11 is 6.38. The van der Waals surface area contributed by atoms with Crippen LogP contribution in [0.25, 0.3) is 22.3 Å². The van der Waals surface area contributed by atoms with Gasteiger partial charge in [0.1, 0.15) is 11.9 Å². The van der Waals surface area contributed by atoms with Crippen LogP contribution in [0, 0.1) is 0 Å². The number of halogens is 13. The fourth-order valence-electron chi connectivity index (χ4n) is 5.57. The SMILES string of the molecule is C[C@H]1[C@@H](c2cc(C(F)(F)F)cc(C(F)(F)F)c2)OC(=O)N1Cc1cc(C(F)(F)F)ccc1-c1cc(-c2ccc(O)cc2C(F)(F)F)ccc1Cl. The molecule has 1 aliphatic heterocycles. The molecular weight excluding hydrogens is 722 g/mol. The van der Waals surface area contributed by atoms with Crippen LogP contribution in [0.5, 0.6) is 5.75 Å². The second-order valence-corrected chi connectivity index (χ2v) is 11.7. The summed E-state index contributed by atoms with van der Waals surface area (Å²) in [7, 11) is 0. The molecule has 4 nitrogen and oxygen atoms in total. The minimum absolute atomic E-state index is 0.0847. The van der Waals surface area contributed by atoms with E-state index in [1.54, 1.807) is 0 Å². The van der Waals surface area contributed by atoms with E-state index in [-0.39, 0.29) is 33.3 Å². The maximum Gasteiger partial charge on any atom is 0.417 e. The van der Waals surface area contributed by atoms with E-state index in [0.29, 0.717) is 30.3 Å². The molecular formula is C33H20ClF12NO3. The molecule has 4 aromatic rings. The quantitative estimate of drug-likeness (QED) is 0.207. The fraction of sp³-hybridized carbons (Fsp3) is 0.242. The van der Waals surface area contributed by atoms with Gasteiger partial charge in [-0.2, -0.15) is 52.7 Å². The topological polar surface area (TPSA) is 49.8 Å². The minimum Gasteiger partial charge on any atom is -0.508 e. The molecule has 1 aliphatic rings. The van der Waals surface area contributed by atoms with Crippen molar-refractivity contribution in [2.24, 2.45) is 0 Å². The Labute approximate surface area is 279 Å². The highest BCUT2D eigenvalue weighted by molar-refractivity contribution is 6.33. The van der Waals surface area contributed by atoms with Gasteiger partial charge in [0.2, 0.25) is 0 Å². The Bertz CT molecular complexity index is 1920. The van der Waals surface area contributed by atoms with Gasteiger partial charge in [0.05, 0.1) is 34.8 Å². The summed E-state index contributed by atoms with van der Waals surface area (Å²) in [5.74, 6) is -0.690. The number of rotatable bonds is 5. The van der Waals surface area contributed by atoms with Crippen LogP contribution in [-0.4, -0.2) is 22.1 Å². The number of carbonyl (C=O) groups excluding carboxylic acids is 1. The second kappa shape index (κ2) is 12.6. The molecule has 266 valence electrons. The van der Waals surface area contributed by atoms with E-state index >= 15 is 0 Å². The summed E-state index contributed by atoms with van der Waals surface area (Å²) in [6, 6.07) is 7.47. The number of amides is 1. The van der Waals surface area contributed by atoms with E-state index in [2.05, 4.69) is 0 Å². The summed E-state index contributed by atoms with van der Waals surface area (Å²) in [6.07, 6.45) is -23.3. The number of aromatic hydroxyl groups is 1. The van der Waals surface area contributed by atoms with Crippen LogP contribution >= 0.6 is 11.6 Å². The number of ether oxygens (including phenoxy) is 1. The van der Waals surface area contributed by atoms with Crippen molar-refractivity contribution in [2.45, 2.75) is 50.3 Å². The molecule has 0 aliphatic carbocycles. The molecule has 1 saturated heterocycles. The number of phenolic OH excluding ortho intramolecular Hbond substituents is 1. The largest absolute Gasteiger partial charge is 0.508 e. The van der Waals surface area contributed by atoms with Crippen molar-refractivity contribution in [1.29, 1.82) is 0 Å². The summed E-state index contributed by atoms with van der Waals surface area (Å²) < 4.78 is 169. The third kappa shape index (κ3) is 7.44. The van der Waals surface area contributed by atoms with Gasteiger partial charge in [-0.15, -0.1) is 0 Å².